The molecule has 2 amide bonds. The second-order valence-electron chi connectivity index (χ2n) is 4.64. The second-order valence-corrected chi connectivity index (χ2v) is 6.37. The fraction of sp³-hybridized carbons (Fsp3) is 0.800. The summed E-state index contributed by atoms with van der Waals surface area (Å²) in [5.41, 5.74) is 0. The maximum Gasteiger partial charge on any atom is 0.320 e. The van der Waals surface area contributed by atoms with Gasteiger partial charge >= 0.3 is 12.0 Å². The molecule has 0 aromatic rings. The number of piperazine rings is 1. The molecule has 20 heavy (non-hydrogen) atoms. The number of hydrogen-bond acceptors (Lipinski definition) is 5. The first-order valence-electron chi connectivity index (χ1n) is 6.21. The van der Waals surface area contributed by atoms with Gasteiger partial charge < -0.3 is 15.3 Å². The first kappa shape index (κ1) is 16.7. The number of aliphatic carboxylic acids is 1. The van der Waals surface area contributed by atoms with E-state index in [1.54, 1.807) is 11.8 Å². The zero-order valence-electron chi connectivity index (χ0n) is 11.3. The lowest BCUT2D eigenvalue weighted by atomic mass is 10.2. The van der Waals surface area contributed by atoms with E-state index >= 15 is 0 Å². The summed E-state index contributed by atoms with van der Waals surface area (Å²) in [5, 5.41) is 16.2. The van der Waals surface area contributed by atoms with Gasteiger partial charge in [0.05, 0.1) is 5.75 Å². The fourth-order valence-electron chi connectivity index (χ4n) is 1.88. The standard InChI is InChI=1S/C10H20N4O5S/c1-8(9(15)16)13-3-5-14(6-4-13)10(17)12-2-7-20(11,18)19/h8H,2-7H2,1H3,(H,12,17)(H,15,16)(H2,11,18,19). The predicted molar refractivity (Wildman–Crippen MR) is 71.6 cm³/mol. The van der Waals surface area contributed by atoms with E-state index in [9.17, 15) is 18.0 Å². The van der Waals surface area contributed by atoms with Gasteiger partial charge in [0.2, 0.25) is 10.0 Å². The Hall–Kier alpha value is -1.39. The maximum atomic E-state index is 11.7. The van der Waals surface area contributed by atoms with Crippen LogP contribution in [0.3, 0.4) is 0 Å². The molecule has 1 fully saturated rings. The summed E-state index contributed by atoms with van der Waals surface area (Å²) >= 11 is 0. The Bertz CT molecular complexity index is 458. The van der Waals surface area contributed by atoms with Gasteiger partial charge in [-0.05, 0) is 6.92 Å². The van der Waals surface area contributed by atoms with Crippen molar-refractivity contribution in [2.24, 2.45) is 5.14 Å². The summed E-state index contributed by atoms with van der Waals surface area (Å²) < 4.78 is 21.4. The van der Waals surface area contributed by atoms with Crippen LogP contribution in [-0.2, 0) is 14.8 Å². The third kappa shape index (κ3) is 5.31. The summed E-state index contributed by atoms with van der Waals surface area (Å²) in [5.74, 6) is -1.20. The lowest BCUT2D eigenvalue weighted by Crippen LogP contribution is -2.55. The average molecular weight is 308 g/mol. The number of carbonyl (C=O) groups is 2. The van der Waals surface area contributed by atoms with E-state index in [4.69, 9.17) is 10.2 Å². The van der Waals surface area contributed by atoms with Crippen LogP contribution in [-0.4, -0.2) is 79.8 Å². The summed E-state index contributed by atoms with van der Waals surface area (Å²) in [7, 11) is -3.59. The normalized spacial score (nSPS) is 18.6. The number of rotatable bonds is 5. The Morgan fingerprint density at radius 2 is 1.85 bits per heavy atom. The molecule has 0 saturated carbocycles. The molecule has 1 aliphatic rings. The zero-order chi connectivity index (χ0) is 15.3. The predicted octanol–water partition coefficient (Wildman–Crippen LogP) is -1.92. The van der Waals surface area contributed by atoms with Gasteiger partial charge in [0.15, 0.2) is 0 Å². The number of carbonyl (C=O) groups excluding carboxylic acids is 1. The van der Waals surface area contributed by atoms with Crippen molar-refractivity contribution < 1.29 is 23.1 Å². The molecule has 1 heterocycles. The summed E-state index contributed by atoms with van der Waals surface area (Å²) in [6, 6.07) is -0.945. The molecule has 0 spiro atoms. The van der Waals surface area contributed by atoms with Gasteiger partial charge in [0, 0.05) is 32.7 Å². The van der Waals surface area contributed by atoms with E-state index in [1.165, 1.54) is 4.90 Å². The highest BCUT2D eigenvalue weighted by molar-refractivity contribution is 7.89. The van der Waals surface area contributed by atoms with Gasteiger partial charge in [-0.25, -0.2) is 18.4 Å². The first-order chi connectivity index (χ1) is 9.20. The van der Waals surface area contributed by atoms with Crippen molar-refractivity contribution in [3.05, 3.63) is 0 Å². The van der Waals surface area contributed by atoms with Gasteiger partial charge in [-0.3, -0.25) is 9.69 Å². The lowest BCUT2D eigenvalue weighted by molar-refractivity contribution is -0.143. The van der Waals surface area contributed by atoms with E-state index in [0.717, 1.165) is 0 Å². The van der Waals surface area contributed by atoms with E-state index in [0.29, 0.717) is 26.2 Å². The maximum absolute atomic E-state index is 11.7. The van der Waals surface area contributed by atoms with Crippen molar-refractivity contribution in [2.75, 3.05) is 38.5 Å². The van der Waals surface area contributed by atoms with E-state index in [1.807, 2.05) is 0 Å². The van der Waals surface area contributed by atoms with Crippen LogP contribution in [0, 0.1) is 0 Å². The largest absolute Gasteiger partial charge is 0.480 e. The second kappa shape index (κ2) is 6.86. The fourth-order valence-corrected chi connectivity index (χ4v) is 2.27. The molecule has 1 aliphatic heterocycles. The third-order valence-corrected chi connectivity index (χ3v) is 3.94. The van der Waals surface area contributed by atoms with E-state index in [-0.39, 0.29) is 18.3 Å². The Morgan fingerprint density at radius 3 is 2.30 bits per heavy atom. The Kier molecular flexibility index (Phi) is 5.72. The van der Waals surface area contributed by atoms with Crippen LogP contribution in [0.5, 0.6) is 0 Å². The minimum Gasteiger partial charge on any atom is -0.480 e. The average Bonchev–Trinajstić information content (AvgIpc) is 2.36. The summed E-state index contributed by atoms with van der Waals surface area (Å²) in [6.07, 6.45) is 0. The molecule has 1 atom stereocenters. The van der Waals surface area contributed by atoms with Crippen LogP contribution in [0.2, 0.25) is 0 Å². The topological polar surface area (TPSA) is 133 Å². The minimum atomic E-state index is -3.59. The number of sulfonamides is 1. The molecule has 0 radical (unpaired) electrons. The Balaban J connectivity index is 2.34. The molecule has 10 heteroatoms. The molecule has 0 aromatic heterocycles. The molecule has 1 rings (SSSR count). The zero-order valence-corrected chi connectivity index (χ0v) is 12.1. The van der Waals surface area contributed by atoms with Crippen LogP contribution in [0.4, 0.5) is 4.79 Å². The number of carboxylic acids is 1. The van der Waals surface area contributed by atoms with Crippen LogP contribution < -0.4 is 10.5 Å². The van der Waals surface area contributed by atoms with Crippen molar-refractivity contribution >= 4 is 22.0 Å². The number of nitrogens with zero attached hydrogens (tertiary/aromatic N) is 2. The summed E-state index contributed by atoms with van der Waals surface area (Å²) in [6.45, 7) is 3.30. The van der Waals surface area contributed by atoms with Gasteiger partial charge in [0.25, 0.3) is 0 Å². The smallest absolute Gasteiger partial charge is 0.320 e. The van der Waals surface area contributed by atoms with Gasteiger partial charge in [-0.1, -0.05) is 0 Å². The molecule has 0 aliphatic carbocycles. The van der Waals surface area contributed by atoms with Crippen molar-refractivity contribution in [3.63, 3.8) is 0 Å². The molecule has 4 N–H and O–H groups in total. The molecular weight excluding hydrogens is 288 g/mol. The first-order valence-corrected chi connectivity index (χ1v) is 7.92. The number of nitrogens with one attached hydrogen (secondary N) is 1. The number of hydrogen-bond donors (Lipinski definition) is 3. The van der Waals surface area contributed by atoms with Gasteiger partial charge in [0.1, 0.15) is 6.04 Å². The third-order valence-electron chi connectivity index (χ3n) is 3.17. The van der Waals surface area contributed by atoms with Gasteiger partial charge in [-0.2, -0.15) is 0 Å². The number of urea groups is 1. The molecule has 1 saturated heterocycles. The lowest BCUT2D eigenvalue weighted by Gasteiger charge is -2.36. The van der Waals surface area contributed by atoms with Crippen LogP contribution in [0.25, 0.3) is 0 Å². The van der Waals surface area contributed by atoms with E-state index in [2.05, 4.69) is 5.32 Å². The molecule has 116 valence electrons. The van der Waals surface area contributed by atoms with Crippen molar-refractivity contribution in [1.29, 1.82) is 0 Å². The highest BCUT2D eigenvalue weighted by Gasteiger charge is 2.27. The van der Waals surface area contributed by atoms with Crippen LogP contribution >= 0.6 is 0 Å². The Morgan fingerprint density at radius 1 is 1.30 bits per heavy atom. The van der Waals surface area contributed by atoms with Crippen LogP contribution in [0.15, 0.2) is 0 Å². The molecule has 9 nitrogen and oxygen atoms in total. The van der Waals surface area contributed by atoms with Crippen molar-refractivity contribution in [2.45, 2.75) is 13.0 Å². The quantitative estimate of drug-likeness (QED) is 0.542. The number of carboxylic acid groups (broad SMARTS) is 1. The minimum absolute atomic E-state index is 0.0383. The Labute approximate surface area is 117 Å². The number of nitrogens with two attached hydrogens (primary N) is 1. The highest BCUT2D eigenvalue weighted by atomic mass is 32.2. The highest BCUT2D eigenvalue weighted by Crippen LogP contribution is 2.06. The molecule has 1 unspecified atom stereocenters. The van der Waals surface area contributed by atoms with Crippen molar-refractivity contribution in [3.8, 4) is 0 Å². The molecule has 0 bridgehead atoms. The number of primary sulfonamides is 1. The SMILES string of the molecule is CC(C(=O)O)N1CCN(C(=O)NCCS(N)(=O)=O)CC1. The van der Waals surface area contributed by atoms with Gasteiger partial charge in [-0.15, -0.1) is 0 Å². The van der Waals surface area contributed by atoms with E-state index < -0.39 is 22.0 Å². The van der Waals surface area contributed by atoms with Crippen LogP contribution in [0.1, 0.15) is 6.92 Å². The number of amides is 2. The molecule has 0 aromatic carbocycles. The monoisotopic (exact) mass is 308 g/mol. The summed E-state index contributed by atoms with van der Waals surface area (Å²) in [4.78, 5) is 25.9. The molecular formula is C10H20N4O5S. The van der Waals surface area contributed by atoms with Crippen molar-refractivity contribution in [1.82, 2.24) is 15.1 Å².